The zero-order chi connectivity index (χ0) is 15.7. The molecule has 0 radical (unpaired) electrons. The van der Waals surface area contributed by atoms with Crippen molar-refractivity contribution in [3.63, 3.8) is 0 Å². The Kier molecular flexibility index (Phi) is 3.66. The third kappa shape index (κ3) is 2.59. The third-order valence-electron chi connectivity index (χ3n) is 3.96. The van der Waals surface area contributed by atoms with Crippen LogP contribution in [-0.4, -0.2) is 25.2 Å². The Morgan fingerprint density at radius 3 is 2.77 bits per heavy atom. The van der Waals surface area contributed by atoms with E-state index in [1.807, 2.05) is 54.4 Å². The van der Waals surface area contributed by atoms with Crippen LogP contribution in [-0.2, 0) is 24.9 Å². The van der Waals surface area contributed by atoms with Crippen LogP contribution in [0, 0.1) is 13.8 Å². The van der Waals surface area contributed by atoms with Crippen molar-refractivity contribution in [3.8, 4) is 0 Å². The number of aromatic nitrogens is 4. The summed E-state index contributed by atoms with van der Waals surface area (Å²) in [7, 11) is 1.91. The van der Waals surface area contributed by atoms with E-state index < -0.39 is 0 Å². The van der Waals surface area contributed by atoms with Crippen LogP contribution in [0.3, 0.4) is 0 Å². The summed E-state index contributed by atoms with van der Waals surface area (Å²) in [4.78, 5) is 16.5. The topological polar surface area (TPSA) is 64.7 Å². The van der Waals surface area contributed by atoms with E-state index in [1.165, 1.54) is 0 Å². The van der Waals surface area contributed by atoms with Gasteiger partial charge in [-0.05, 0) is 26.0 Å². The second-order valence-electron chi connectivity index (χ2n) is 5.41. The third-order valence-corrected chi connectivity index (χ3v) is 3.96. The molecule has 0 unspecified atom stereocenters. The normalized spacial score (nSPS) is 11.0. The molecule has 2 heterocycles. The van der Waals surface area contributed by atoms with Crippen LogP contribution in [0.5, 0.6) is 0 Å². The molecule has 1 aromatic carbocycles. The Morgan fingerprint density at radius 2 is 2.05 bits per heavy atom. The second-order valence-corrected chi connectivity index (χ2v) is 5.41. The minimum absolute atomic E-state index is 0.0363. The van der Waals surface area contributed by atoms with Crippen LogP contribution in [0.25, 0.3) is 11.0 Å². The van der Waals surface area contributed by atoms with Gasteiger partial charge in [0.15, 0.2) is 0 Å². The number of benzene rings is 1. The van der Waals surface area contributed by atoms with Gasteiger partial charge in [-0.25, -0.2) is 4.98 Å². The smallest absolute Gasteiger partial charge is 0.240 e. The van der Waals surface area contributed by atoms with Gasteiger partial charge in [0.25, 0.3) is 0 Å². The number of aryl methyl sites for hydroxylation is 2. The first-order valence-electron chi connectivity index (χ1n) is 7.22. The van der Waals surface area contributed by atoms with Gasteiger partial charge >= 0.3 is 0 Å². The van der Waals surface area contributed by atoms with E-state index in [4.69, 9.17) is 0 Å². The van der Waals surface area contributed by atoms with E-state index in [9.17, 15) is 4.79 Å². The van der Waals surface area contributed by atoms with Gasteiger partial charge in [-0.1, -0.05) is 12.1 Å². The summed E-state index contributed by atoms with van der Waals surface area (Å²) >= 11 is 0. The van der Waals surface area contributed by atoms with Gasteiger partial charge in [0.1, 0.15) is 6.54 Å². The molecule has 3 rings (SSSR count). The Hall–Kier alpha value is -2.63. The van der Waals surface area contributed by atoms with Crippen molar-refractivity contribution in [2.45, 2.75) is 26.9 Å². The van der Waals surface area contributed by atoms with Gasteiger partial charge in [0, 0.05) is 24.8 Å². The standard InChI is InChI=1S/C16H19N5O/c1-11-13(12(2)20(3)19-11)8-17-16(22)9-21-10-18-14-6-4-5-7-15(14)21/h4-7,10H,8-9H2,1-3H3,(H,17,22). The maximum Gasteiger partial charge on any atom is 0.240 e. The molecule has 1 N–H and O–H groups in total. The van der Waals surface area contributed by atoms with Gasteiger partial charge in [0.2, 0.25) is 5.91 Å². The Balaban J connectivity index is 1.68. The number of fused-ring (bicyclic) bond motifs is 1. The highest BCUT2D eigenvalue weighted by Crippen LogP contribution is 2.13. The number of rotatable bonds is 4. The fraction of sp³-hybridized carbons (Fsp3) is 0.312. The van der Waals surface area contributed by atoms with Gasteiger partial charge in [0.05, 0.1) is 23.1 Å². The van der Waals surface area contributed by atoms with Crippen LogP contribution in [0.2, 0.25) is 0 Å². The summed E-state index contributed by atoms with van der Waals surface area (Å²) < 4.78 is 3.69. The molecule has 114 valence electrons. The van der Waals surface area contributed by atoms with Crippen molar-refractivity contribution in [2.75, 3.05) is 0 Å². The van der Waals surface area contributed by atoms with Crippen molar-refractivity contribution < 1.29 is 4.79 Å². The number of carbonyl (C=O) groups is 1. The molecule has 0 saturated carbocycles. The fourth-order valence-electron chi connectivity index (χ4n) is 2.61. The minimum Gasteiger partial charge on any atom is -0.350 e. The fourth-order valence-corrected chi connectivity index (χ4v) is 2.61. The molecule has 2 aromatic heterocycles. The summed E-state index contributed by atoms with van der Waals surface area (Å²) in [6.45, 7) is 4.72. The maximum absolute atomic E-state index is 12.2. The number of para-hydroxylation sites is 2. The second kappa shape index (κ2) is 5.63. The van der Waals surface area contributed by atoms with Gasteiger partial charge < -0.3 is 9.88 Å². The zero-order valence-electron chi connectivity index (χ0n) is 13.0. The molecule has 0 bridgehead atoms. The Labute approximate surface area is 128 Å². The average Bonchev–Trinajstić information content (AvgIpc) is 3.00. The van der Waals surface area contributed by atoms with Crippen molar-refractivity contribution in [2.24, 2.45) is 7.05 Å². The SMILES string of the molecule is Cc1nn(C)c(C)c1CNC(=O)Cn1cnc2ccccc21. The average molecular weight is 297 g/mol. The minimum atomic E-state index is -0.0363. The number of hydrogen-bond donors (Lipinski definition) is 1. The molecule has 0 aliphatic carbocycles. The number of nitrogens with one attached hydrogen (secondary N) is 1. The molecular formula is C16H19N5O. The number of hydrogen-bond acceptors (Lipinski definition) is 3. The van der Waals surface area contributed by atoms with Crippen molar-refractivity contribution in [1.29, 1.82) is 0 Å². The van der Waals surface area contributed by atoms with Gasteiger partial charge in [-0.15, -0.1) is 0 Å². The first kappa shape index (κ1) is 14.3. The van der Waals surface area contributed by atoms with E-state index >= 15 is 0 Å². The summed E-state index contributed by atoms with van der Waals surface area (Å²) in [5.41, 5.74) is 4.96. The van der Waals surface area contributed by atoms with Crippen LogP contribution < -0.4 is 5.32 Å². The molecule has 6 heteroatoms. The maximum atomic E-state index is 12.2. The Morgan fingerprint density at radius 1 is 1.27 bits per heavy atom. The van der Waals surface area contributed by atoms with Crippen molar-refractivity contribution >= 4 is 16.9 Å². The number of imidazole rings is 1. The van der Waals surface area contributed by atoms with E-state index in [0.29, 0.717) is 6.54 Å². The lowest BCUT2D eigenvalue weighted by Gasteiger charge is -2.07. The van der Waals surface area contributed by atoms with Crippen molar-refractivity contribution in [1.82, 2.24) is 24.6 Å². The monoisotopic (exact) mass is 297 g/mol. The summed E-state index contributed by atoms with van der Waals surface area (Å²) in [5.74, 6) is -0.0363. The van der Waals surface area contributed by atoms with E-state index in [0.717, 1.165) is 28.0 Å². The molecule has 0 saturated heterocycles. The van der Waals surface area contributed by atoms with Crippen LogP contribution in [0.4, 0.5) is 0 Å². The molecule has 6 nitrogen and oxygen atoms in total. The van der Waals surface area contributed by atoms with Crippen LogP contribution in [0.1, 0.15) is 17.0 Å². The van der Waals surface area contributed by atoms with Crippen LogP contribution >= 0.6 is 0 Å². The quantitative estimate of drug-likeness (QED) is 0.797. The van der Waals surface area contributed by atoms with Crippen LogP contribution in [0.15, 0.2) is 30.6 Å². The summed E-state index contributed by atoms with van der Waals surface area (Å²) in [6.07, 6.45) is 1.70. The largest absolute Gasteiger partial charge is 0.350 e. The molecular weight excluding hydrogens is 278 g/mol. The molecule has 0 atom stereocenters. The lowest BCUT2D eigenvalue weighted by molar-refractivity contribution is -0.121. The summed E-state index contributed by atoms with van der Waals surface area (Å²) in [6, 6.07) is 7.78. The number of nitrogens with zero attached hydrogens (tertiary/aromatic N) is 4. The predicted octanol–water partition coefficient (Wildman–Crippen LogP) is 1.70. The highest BCUT2D eigenvalue weighted by Gasteiger charge is 2.11. The number of amides is 1. The Bertz CT molecular complexity index is 830. The molecule has 0 aliphatic heterocycles. The molecule has 1 amide bonds. The predicted molar refractivity (Wildman–Crippen MR) is 84.3 cm³/mol. The highest BCUT2D eigenvalue weighted by molar-refractivity contribution is 5.80. The van der Waals surface area contributed by atoms with E-state index in [-0.39, 0.29) is 12.5 Å². The number of carbonyl (C=O) groups excluding carboxylic acids is 1. The first-order valence-corrected chi connectivity index (χ1v) is 7.22. The molecule has 0 aliphatic rings. The lowest BCUT2D eigenvalue weighted by Crippen LogP contribution is -2.27. The highest BCUT2D eigenvalue weighted by atomic mass is 16.1. The molecule has 0 fully saturated rings. The van der Waals surface area contributed by atoms with Crippen molar-refractivity contribution in [3.05, 3.63) is 47.5 Å². The summed E-state index contributed by atoms with van der Waals surface area (Å²) in [5, 5.41) is 7.31. The van der Waals surface area contributed by atoms with Gasteiger partial charge in [-0.3, -0.25) is 9.48 Å². The van der Waals surface area contributed by atoms with Gasteiger partial charge in [-0.2, -0.15) is 5.10 Å². The lowest BCUT2D eigenvalue weighted by atomic mass is 10.2. The first-order chi connectivity index (χ1) is 10.6. The van der Waals surface area contributed by atoms with E-state index in [1.54, 1.807) is 6.33 Å². The van der Waals surface area contributed by atoms with E-state index in [2.05, 4.69) is 15.4 Å². The zero-order valence-corrected chi connectivity index (χ0v) is 13.0. The molecule has 3 aromatic rings. The molecule has 0 spiro atoms. The molecule has 22 heavy (non-hydrogen) atoms.